The Hall–Kier alpha value is -1.04. The summed E-state index contributed by atoms with van der Waals surface area (Å²) < 4.78 is 0. The molecule has 0 fully saturated rings. The van der Waals surface area contributed by atoms with Gasteiger partial charge in [-0.2, -0.15) is 0 Å². The molecule has 2 unspecified atom stereocenters. The molecule has 0 aliphatic heterocycles. The van der Waals surface area contributed by atoms with Crippen LogP contribution in [-0.4, -0.2) is 0 Å². The van der Waals surface area contributed by atoms with Crippen molar-refractivity contribution in [2.24, 2.45) is 11.8 Å². The van der Waals surface area contributed by atoms with E-state index >= 15 is 0 Å². The van der Waals surface area contributed by atoms with Crippen LogP contribution in [-0.2, 0) is 0 Å². The van der Waals surface area contributed by atoms with Gasteiger partial charge in [0.15, 0.2) is 0 Å². The molecule has 0 nitrogen and oxygen atoms in total. The van der Waals surface area contributed by atoms with E-state index in [1.807, 2.05) is 47.6 Å². The van der Waals surface area contributed by atoms with E-state index in [-0.39, 0.29) is 0 Å². The van der Waals surface area contributed by atoms with Crippen molar-refractivity contribution < 1.29 is 0 Å². The van der Waals surface area contributed by atoms with Gasteiger partial charge >= 0.3 is 0 Å². The van der Waals surface area contributed by atoms with Crippen LogP contribution >= 0.6 is 0 Å². The molecule has 24 heavy (non-hydrogen) atoms. The van der Waals surface area contributed by atoms with Crippen LogP contribution in [0.2, 0.25) is 0 Å². The Labute approximate surface area is 155 Å². The number of rotatable bonds is 5. The largest absolute Gasteiger partial charge is 0.0991 e. The summed E-state index contributed by atoms with van der Waals surface area (Å²) in [7, 11) is 0. The molecule has 0 aromatic carbocycles. The quantitative estimate of drug-likeness (QED) is 0.439. The summed E-state index contributed by atoms with van der Waals surface area (Å²) in [6, 6.07) is 0. The fraction of sp³-hybridized carbons (Fsp3) is 0.667. The van der Waals surface area contributed by atoms with E-state index < -0.39 is 0 Å². The highest BCUT2D eigenvalue weighted by atomic mass is 14.1. The summed E-state index contributed by atoms with van der Waals surface area (Å²) in [5.74, 6) is 1.45. The van der Waals surface area contributed by atoms with E-state index in [1.165, 1.54) is 30.4 Å². The van der Waals surface area contributed by atoms with Crippen molar-refractivity contribution in [3.8, 4) is 0 Å². The molecule has 1 rings (SSSR count). The molecule has 0 saturated heterocycles. The fourth-order valence-corrected chi connectivity index (χ4v) is 1.80. The molecule has 0 spiro atoms. The first-order valence-corrected chi connectivity index (χ1v) is 10.3. The molecule has 1 aliphatic carbocycles. The van der Waals surface area contributed by atoms with Gasteiger partial charge in [-0.05, 0) is 38.0 Å². The van der Waals surface area contributed by atoms with E-state index in [0.29, 0.717) is 5.92 Å². The summed E-state index contributed by atoms with van der Waals surface area (Å²) in [6.45, 7) is 26.6. The molecule has 0 N–H and O–H groups in total. The first kappa shape index (κ1) is 30.8. The Morgan fingerprint density at radius 1 is 1.08 bits per heavy atom. The Morgan fingerprint density at radius 3 is 1.83 bits per heavy atom. The second-order valence-electron chi connectivity index (χ2n) is 4.98. The van der Waals surface area contributed by atoms with Gasteiger partial charge in [-0.15, -0.1) is 0 Å². The lowest BCUT2D eigenvalue weighted by Crippen LogP contribution is -1.91. The summed E-state index contributed by atoms with van der Waals surface area (Å²) >= 11 is 0. The van der Waals surface area contributed by atoms with E-state index in [0.717, 1.165) is 5.92 Å². The van der Waals surface area contributed by atoms with Crippen molar-refractivity contribution in [1.29, 1.82) is 0 Å². The average Bonchev–Trinajstić information content (AvgIpc) is 3.15. The van der Waals surface area contributed by atoms with Crippen molar-refractivity contribution in [2.75, 3.05) is 0 Å². The highest BCUT2D eigenvalue weighted by molar-refractivity contribution is 5.28. The Bertz CT molecular complexity index is 315. The van der Waals surface area contributed by atoms with Gasteiger partial charge in [0.1, 0.15) is 0 Å². The van der Waals surface area contributed by atoms with Crippen molar-refractivity contribution in [3.05, 3.63) is 48.1 Å². The van der Waals surface area contributed by atoms with Gasteiger partial charge < -0.3 is 0 Å². The third-order valence-electron chi connectivity index (χ3n) is 3.64. The maximum Gasteiger partial charge on any atom is -0.00471 e. The lowest BCUT2D eigenvalue weighted by atomic mass is 10.00. The van der Waals surface area contributed by atoms with Gasteiger partial charge in [-0.25, -0.2) is 0 Å². The molecule has 0 bridgehead atoms. The topological polar surface area (TPSA) is 0 Å². The maximum absolute atomic E-state index is 3.64. The van der Waals surface area contributed by atoms with Gasteiger partial charge in [0, 0.05) is 0 Å². The van der Waals surface area contributed by atoms with Crippen molar-refractivity contribution in [2.45, 2.75) is 95.4 Å². The van der Waals surface area contributed by atoms with Crippen LogP contribution in [0.25, 0.3) is 0 Å². The van der Waals surface area contributed by atoms with Gasteiger partial charge in [0.2, 0.25) is 0 Å². The van der Waals surface area contributed by atoms with Crippen LogP contribution in [0.15, 0.2) is 48.1 Å². The normalized spacial score (nSPS) is 15.7. The van der Waals surface area contributed by atoms with Crippen molar-refractivity contribution >= 4 is 0 Å². The Morgan fingerprint density at radius 2 is 1.58 bits per heavy atom. The van der Waals surface area contributed by atoms with Gasteiger partial charge in [-0.3, -0.25) is 0 Å². The average molecular weight is 337 g/mol. The third-order valence-corrected chi connectivity index (χ3v) is 3.64. The summed E-state index contributed by atoms with van der Waals surface area (Å²) in [5, 5.41) is 0. The second kappa shape index (κ2) is 26.8. The highest BCUT2D eigenvalue weighted by Gasteiger charge is 2.03. The van der Waals surface area contributed by atoms with Crippen molar-refractivity contribution in [1.82, 2.24) is 0 Å². The minimum absolute atomic E-state index is 0.711. The molecular formula is C24H48. The Kier molecular flexibility index (Phi) is 34.4. The van der Waals surface area contributed by atoms with Crippen LogP contribution in [0.4, 0.5) is 0 Å². The second-order valence-corrected chi connectivity index (χ2v) is 4.98. The Balaban J connectivity index is -0.000000127. The molecule has 0 aromatic heterocycles. The number of allylic oxidation sites excluding steroid dienone is 7. The molecular weight excluding hydrogens is 288 g/mol. The molecule has 1 aliphatic rings. The van der Waals surface area contributed by atoms with Crippen LogP contribution in [0.1, 0.15) is 95.4 Å². The molecule has 0 radical (unpaired) electrons. The minimum Gasteiger partial charge on any atom is -0.0991 e. The first-order valence-electron chi connectivity index (χ1n) is 10.3. The smallest absolute Gasteiger partial charge is 0.00471 e. The summed E-state index contributed by atoms with van der Waals surface area (Å²) in [5.41, 5.74) is 2.93. The molecule has 2 atom stereocenters. The number of hydrogen-bond donors (Lipinski definition) is 0. The van der Waals surface area contributed by atoms with Crippen LogP contribution in [0.5, 0.6) is 0 Å². The van der Waals surface area contributed by atoms with Crippen LogP contribution in [0, 0.1) is 11.8 Å². The molecule has 0 heteroatoms. The van der Waals surface area contributed by atoms with Crippen LogP contribution in [0.3, 0.4) is 0 Å². The van der Waals surface area contributed by atoms with E-state index in [2.05, 4.69) is 65.5 Å². The molecule has 0 aromatic rings. The van der Waals surface area contributed by atoms with E-state index in [9.17, 15) is 0 Å². The summed E-state index contributed by atoms with van der Waals surface area (Å²) in [6.07, 6.45) is 14.5. The van der Waals surface area contributed by atoms with Crippen LogP contribution < -0.4 is 0 Å². The third kappa shape index (κ3) is 19.0. The zero-order valence-corrected chi connectivity index (χ0v) is 18.9. The van der Waals surface area contributed by atoms with Crippen molar-refractivity contribution in [3.63, 3.8) is 0 Å². The van der Waals surface area contributed by atoms with E-state index in [1.54, 1.807) is 0 Å². The maximum atomic E-state index is 3.64. The zero-order valence-electron chi connectivity index (χ0n) is 18.9. The SMILES string of the molecule is C=C/C=C(\C)C(C)CC.CC.CC.CC.CCC1=CC(CC)C=C1. The molecule has 0 amide bonds. The van der Waals surface area contributed by atoms with Gasteiger partial charge in [0.05, 0.1) is 0 Å². The molecule has 144 valence electrons. The summed E-state index contributed by atoms with van der Waals surface area (Å²) in [4.78, 5) is 0. The standard InChI is InChI=1S/C9H14.C9H16.3C2H6/c1-3-8-5-6-9(4-2)7-8;1-5-7-9(4)8(3)6-2;3*1-2/h5-8H,3-4H2,1-2H3;5,7-8H,1,6H2,2-4H3;3*1-2H3/b;9-7+;;;. The molecule has 0 saturated carbocycles. The minimum atomic E-state index is 0.711. The van der Waals surface area contributed by atoms with Gasteiger partial charge in [-0.1, -0.05) is 117 Å². The number of hydrogen-bond acceptors (Lipinski definition) is 0. The van der Waals surface area contributed by atoms with Gasteiger partial charge in [0.25, 0.3) is 0 Å². The monoisotopic (exact) mass is 336 g/mol. The predicted molar refractivity (Wildman–Crippen MR) is 119 cm³/mol. The highest BCUT2D eigenvalue weighted by Crippen LogP contribution is 2.20. The zero-order chi connectivity index (χ0) is 20.0. The predicted octanol–water partition coefficient (Wildman–Crippen LogP) is 9.16. The lowest BCUT2D eigenvalue weighted by molar-refractivity contribution is 0.656. The van der Waals surface area contributed by atoms with E-state index in [4.69, 9.17) is 0 Å². The first-order chi connectivity index (χ1) is 11.6. The molecule has 0 heterocycles. The lowest BCUT2D eigenvalue weighted by Gasteiger charge is -2.06. The fourth-order valence-electron chi connectivity index (χ4n) is 1.80.